The van der Waals surface area contributed by atoms with E-state index in [1.54, 1.807) is 14.1 Å². The largest absolute Gasteiger partial charge is 0.374 e. The van der Waals surface area contributed by atoms with Crippen LogP contribution in [0.5, 0.6) is 0 Å². The van der Waals surface area contributed by atoms with Gasteiger partial charge in [0, 0.05) is 6.54 Å². The average Bonchev–Trinajstić information content (AvgIpc) is 1.60. The first-order chi connectivity index (χ1) is 4.34. The van der Waals surface area contributed by atoms with Gasteiger partial charge in [0.25, 0.3) is 10.1 Å². The fourth-order valence-corrected chi connectivity index (χ4v) is 0.893. The highest BCUT2D eigenvalue weighted by Crippen LogP contribution is 1.94. The molecule has 0 rings (SSSR count). The molecule has 10 heavy (non-hydrogen) atoms. The minimum atomic E-state index is -4.28. The van der Waals surface area contributed by atoms with Gasteiger partial charge in [0.15, 0.2) is 5.44 Å². The van der Waals surface area contributed by atoms with Gasteiger partial charge in [-0.3, -0.25) is 4.55 Å². The number of likely N-dealkylation sites (N-methyl/N-ethyl adjacent to an activating group) is 1. The highest BCUT2D eigenvalue weighted by molar-refractivity contribution is 7.86. The molecular weight excluding hydrogens is 158 g/mol. The van der Waals surface area contributed by atoms with Gasteiger partial charge in [0.05, 0.1) is 0 Å². The first-order valence-corrected chi connectivity index (χ1v) is 4.13. The molecule has 0 aliphatic heterocycles. The number of hydrogen-bond acceptors (Lipinski definition) is 4. The molecule has 0 fully saturated rings. The van der Waals surface area contributed by atoms with Gasteiger partial charge in [-0.25, -0.2) is 0 Å². The van der Waals surface area contributed by atoms with E-state index < -0.39 is 15.6 Å². The summed E-state index contributed by atoms with van der Waals surface area (Å²) >= 11 is 0. The normalized spacial score (nSPS) is 15.7. The van der Waals surface area contributed by atoms with E-state index in [0.29, 0.717) is 0 Å². The SMILES string of the molecule is CN(C)CC(O)S(=O)(=O)O. The van der Waals surface area contributed by atoms with Gasteiger partial charge in [-0.1, -0.05) is 0 Å². The summed E-state index contributed by atoms with van der Waals surface area (Å²) < 4.78 is 28.5. The van der Waals surface area contributed by atoms with E-state index in [1.807, 2.05) is 0 Å². The lowest BCUT2D eigenvalue weighted by atomic mass is 10.6. The molecule has 0 bridgehead atoms. The smallest absolute Gasteiger partial charge is 0.293 e. The van der Waals surface area contributed by atoms with Crippen LogP contribution < -0.4 is 0 Å². The maximum absolute atomic E-state index is 10.1. The first kappa shape index (κ1) is 9.83. The van der Waals surface area contributed by atoms with Crippen molar-refractivity contribution in [1.29, 1.82) is 0 Å². The van der Waals surface area contributed by atoms with Crippen molar-refractivity contribution in [3.63, 3.8) is 0 Å². The quantitative estimate of drug-likeness (QED) is 0.516. The third kappa shape index (κ3) is 3.78. The highest BCUT2D eigenvalue weighted by atomic mass is 32.2. The molecule has 1 unspecified atom stereocenters. The number of aliphatic hydroxyl groups excluding tert-OH is 1. The number of nitrogens with zero attached hydrogens (tertiary/aromatic N) is 1. The molecule has 0 amide bonds. The Labute approximate surface area is 60.0 Å². The minimum absolute atomic E-state index is 0.0984. The van der Waals surface area contributed by atoms with Crippen molar-refractivity contribution in [2.45, 2.75) is 5.44 Å². The fourth-order valence-electron chi connectivity index (χ4n) is 0.407. The molecule has 0 heterocycles. The van der Waals surface area contributed by atoms with Gasteiger partial charge < -0.3 is 10.0 Å². The number of hydrogen-bond donors (Lipinski definition) is 2. The van der Waals surface area contributed by atoms with Crippen LogP contribution in [0.1, 0.15) is 0 Å². The molecule has 0 aromatic rings. The van der Waals surface area contributed by atoms with Crippen molar-refractivity contribution in [1.82, 2.24) is 4.90 Å². The second-order valence-corrected chi connectivity index (χ2v) is 3.81. The summed E-state index contributed by atoms with van der Waals surface area (Å²) in [7, 11) is -1.10. The maximum atomic E-state index is 10.1. The zero-order valence-electron chi connectivity index (χ0n) is 5.85. The van der Waals surface area contributed by atoms with Crippen LogP contribution in [0.25, 0.3) is 0 Å². The Morgan fingerprint density at radius 1 is 1.50 bits per heavy atom. The lowest BCUT2D eigenvalue weighted by molar-refractivity contribution is 0.190. The standard InChI is InChI=1S/C4H11NO4S/c1-5(2)3-4(6)10(7,8)9/h4,6H,3H2,1-2H3,(H,7,8,9). The molecule has 0 aromatic heterocycles. The van der Waals surface area contributed by atoms with Crippen LogP contribution in [-0.2, 0) is 10.1 Å². The lowest BCUT2D eigenvalue weighted by Gasteiger charge is -2.12. The molecular formula is C4H11NO4S. The van der Waals surface area contributed by atoms with E-state index in [9.17, 15) is 8.42 Å². The van der Waals surface area contributed by atoms with Crippen LogP contribution in [0.3, 0.4) is 0 Å². The Hall–Kier alpha value is -0.170. The van der Waals surface area contributed by atoms with Crippen molar-refractivity contribution in [3.8, 4) is 0 Å². The van der Waals surface area contributed by atoms with Crippen LogP contribution in [0.15, 0.2) is 0 Å². The Bertz CT molecular complexity index is 185. The third-order valence-corrected chi connectivity index (χ3v) is 1.70. The summed E-state index contributed by atoms with van der Waals surface area (Å²) in [6.45, 7) is -0.0984. The van der Waals surface area contributed by atoms with Gasteiger partial charge in [0.2, 0.25) is 0 Å². The van der Waals surface area contributed by atoms with Gasteiger partial charge in [-0.2, -0.15) is 8.42 Å². The molecule has 0 aliphatic rings. The van der Waals surface area contributed by atoms with Crippen molar-refractivity contribution < 1.29 is 18.1 Å². The van der Waals surface area contributed by atoms with Gasteiger partial charge >= 0.3 is 0 Å². The summed E-state index contributed by atoms with van der Waals surface area (Å²) in [5, 5.41) is 8.68. The summed E-state index contributed by atoms with van der Waals surface area (Å²) in [5.41, 5.74) is -1.71. The fraction of sp³-hybridized carbons (Fsp3) is 1.00. The predicted octanol–water partition coefficient (Wildman–Crippen LogP) is -1.25. The van der Waals surface area contributed by atoms with E-state index in [-0.39, 0.29) is 6.54 Å². The molecule has 5 nitrogen and oxygen atoms in total. The van der Waals surface area contributed by atoms with E-state index in [0.717, 1.165) is 0 Å². The van der Waals surface area contributed by atoms with Gasteiger partial charge in [0.1, 0.15) is 0 Å². The van der Waals surface area contributed by atoms with E-state index in [1.165, 1.54) is 4.90 Å². The Morgan fingerprint density at radius 2 is 1.90 bits per heavy atom. The van der Waals surface area contributed by atoms with Crippen LogP contribution in [-0.4, -0.2) is 49.1 Å². The summed E-state index contributed by atoms with van der Waals surface area (Å²) in [4.78, 5) is 1.46. The van der Waals surface area contributed by atoms with Crippen molar-refractivity contribution >= 4 is 10.1 Å². The first-order valence-electron chi connectivity index (χ1n) is 2.63. The molecule has 0 radical (unpaired) electrons. The molecule has 6 heteroatoms. The van der Waals surface area contributed by atoms with Crippen molar-refractivity contribution in [3.05, 3.63) is 0 Å². The topological polar surface area (TPSA) is 77.8 Å². The molecule has 1 atom stereocenters. The summed E-state index contributed by atoms with van der Waals surface area (Å²) in [6, 6.07) is 0. The minimum Gasteiger partial charge on any atom is -0.374 e. The van der Waals surface area contributed by atoms with E-state index in [4.69, 9.17) is 9.66 Å². The van der Waals surface area contributed by atoms with Crippen molar-refractivity contribution in [2.24, 2.45) is 0 Å². The molecule has 2 N–H and O–H groups in total. The molecule has 0 aliphatic carbocycles. The highest BCUT2D eigenvalue weighted by Gasteiger charge is 2.19. The Balaban J connectivity index is 3.99. The molecule has 0 saturated carbocycles. The maximum Gasteiger partial charge on any atom is 0.293 e. The van der Waals surface area contributed by atoms with Gasteiger partial charge in [-0.15, -0.1) is 0 Å². The Morgan fingerprint density at radius 3 is 2.00 bits per heavy atom. The second-order valence-electron chi connectivity index (χ2n) is 2.23. The van der Waals surface area contributed by atoms with E-state index >= 15 is 0 Å². The average molecular weight is 169 g/mol. The number of aliphatic hydroxyl groups is 1. The Kier molecular flexibility index (Phi) is 3.23. The number of rotatable bonds is 3. The lowest BCUT2D eigenvalue weighted by Crippen LogP contribution is -2.32. The zero-order valence-corrected chi connectivity index (χ0v) is 6.67. The summed E-state index contributed by atoms with van der Waals surface area (Å²) in [6.07, 6.45) is 0. The third-order valence-electron chi connectivity index (χ3n) is 0.865. The molecule has 0 spiro atoms. The van der Waals surface area contributed by atoms with Crippen LogP contribution >= 0.6 is 0 Å². The molecule has 62 valence electrons. The van der Waals surface area contributed by atoms with Crippen molar-refractivity contribution in [2.75, 3.05) is 20.6 Å². The van der Waals surface area contributed by atoms with Crippen LogP contribution in [0.2, 0.25) is 0 Å². The summed E-state index contributed by atoms with van der Waals surface area (Å²) in [5.74, 6) is 0. The second kappa shape index (κ2) is 3.29. The molecule has 0 saturated heterocycles. The monoisotopic (exact) mass is 169 g/mol. The van der Waals surface area contributed by atoms with Crippen LogP contribution in [0, 0.1) is 0 Å². The predicted molar refractivity (Wildman–Crippen MR) is 36.1 cm³/mol. The zero-order chi connectivity index (χ0) is 8.36. The van der Waals surface area contributed by atoms with Gasteiger partial charge in [-0.05, 0) is 14.1 Å². The molecule has 0 aromatic carbocycles. The van der Waals surface area contributed by atoms with Crippen LogP contribution in [0.4, 0.5) is 0 Å². The van der Waals surface area contributed by atoms with E-state index in [2.05, 4.69) is 0 Å².